The van der Waals surface area contributed by atoms with E-state index >= 15 is 0 Å². The van der Waals surface area contributed by atoms with Crippen molar-refractivity contribution in [2.45, 2.75) is 13.0 Å². The van der Waals surface area contributed by atoms with E-state index in [0.717, 1.165) is 28.8 Å². The molecule has 0 unspecified atom stereocenters. The normalized spacial score (nSPS) is 10.5. The van der Waals surface area contributed by atoms with Crippen molar-refractivity contribution in [1.29, 1.82) is 0 Å². The standard InChI is InChI=1S/C14H17BrN4/c1-19(7-4-11-2-5-17-6-3-11)14-12(9-16)8-13(15)10-18-14/h2-3,5-6,8,10H,4,7,9,16H2,1H3. The highest BCUT2D eigenvalue weighted by atomic mass is 79.9. The van der Waals surface area contributed by atoms with Crippen molar-refractivity contribution in [2.75, 3.05) is 18.5 Å². The lowest BCUT2D eigenvalue weighted by Crippen LogP contribution is -2.23. The van der Waals surface area contributed by atoms with Crippen LogP contribution >= 0.6 is 15.9 Å². The highest BCUT2D eigenvalue weighted by Crippen LogP contribution is 2.20. The van der Waals surface area contributed by atoms with Crippen LogP contribution in [0, 0.1) is 0 Å². The van der Waals surface area contributed by atoms with Gasteiger partial charge in [0.1, 0.15) is 5.82 Å². The third-order valence-electron chi connectivity index (χ3n) is 2.98. The maximum atomic E-state index is 5.77. The first-order valence-corrected chi connectivity index (χ1v) is 6.94. The van der Waals surface area contributed by atoms with Gasteiger partial charge in [-0.3, -0.25) is 4.98 Å². The monoisotopic (exact) mass is 320 g/mol. The van der Waals surface area contributed by atoms with Crippen molar-refractivity contribution in [3.05, 3.63) is 52.4 Å². The van der Waals surface area contributed by atoms with E-state index in [1.54, 1.807) is 6.20 Å². The fourth-order valence-corrected chi connectivity index (χ4v) is 2.30. The summed E-state index contributed by atoms with van der Waals surface area (Å²) in [4.78, 5) is 10.6. The molecule has 0 aliphatic carbocycles. The molecule has 0 amide bonds. The lowest BCUT2D eigenvalue weighted by atomic mass is 10.2. The Labute approximate surface area is 121 Å². The number of hydrogen-bond acceptors (Lipinski definition) is 4. The number of anilines is 1. The Morgan fingerprint density at radius 3 is 2.74 bits per heavy atom. The average Bonchev–Trinajstić information content (AvgIpc) is 2.45. The van der Waals surface area contributed by atoms with Crippen LogP contribution in [-0.4, -0.2) is 23.6 Å². The second kappa shape index (κ2) is 6.63. The average molecular weight is 321 g/mol. The van der Waals surface area contributed by atoms with Crippen LogP contribution in [0.5, 0.6) is 0 Å². The predicted molar refractivity (Wildman–Crippen MR) is 81.0 cm³/mol. The fourth-order valence-electron chi connectivity index (χ4n) is 1.92. The molecule has 2 rings (SSSR count). The molecule has 0 bridgehead atoms. The van der Waals surface area contributed by atoms with E-state index in [4.69, 9.17) is 5.73 Å². The zero-order valence-electron chi connectivity index (χ0n) is 10.9. The molecule has 4 nitrogen and oxygen atoms in total. The smallest absolute Gasteiger partial charge is 0.132 e. The van der Waals surface area contributed by atoms with Gasteiger partial charge in [-0.05, 0) is 46.1 Å². The summed E-state index contributed by atoms with van der Waals surface area (Å²) in [6.45, 7) is 1.38. The number of aromatic nitrogens is 2. The molecule has 0 aromatic carbocycles. The molecular formula is C14H17BrN4. The molecule has 19 heavy (non-hydrogen) atoms. The van der Waals surface area contributed by atoms with Crippen molar-refractivity contribution < 1.29 is 0 Å². The van der Waals surface area contributed by atoms with Crippen LogP contribution in [0.1, 0.15) is 11.1 Å². The van der Waals surface area contributed by atoms with Crippen LogP contribution in [-0.2, 0) is 13.0 Å². The first-order valence-electron chi connectivity index (χ1n) is 6.15. The summed E-state index contributed by atoms with van der Waals surface area (Å²) < 4.78 is 0.958. The zero-order chi connectivity index (χ0) is 13.7. The van der Waals surface area contributed by atoms with Crippen LogP contribution in [0.4, 0.5) is 5.82 Å². The maximum Gasteiger partial charge on any atom is 0.132 e. The van der Waals surface area contributed by atoms with E-state index in [1.807, 2.05) is 37.6 Å². The maximum absolute atomic E-state index is 5.77. The number of hydrogen-bond donors (Lipinski definition) is 1. The third kappa shape index (κ3) is 3.75. The van der Waals surface area contributed by atoms with Crippen LogP contribution in [0.15, 0.2) is 41.3 Å². The Morgan fingerprint density at radius 2 is 2.05 bits per heavy atom. The second-order valence-corrected chi connectivity index (χ2v) is 5.28. The van der Waals surface area contributed by atoms with Gasteiger partial charge in [0, 0.05) is 48.8 Å². The molecule has 0 spiro atoms. The fraction of sp³-hybridized carbons (Fsp3) is 0.286. The number of pyridine rings is 2. The molecule has 0 saturated heterocycles. The third-order valence-corrected chi connectivity index (χ3v) is 3.41. The van der Waals surface area contributed by atoms with Crippen LogP contribution in [0.2, 0.25) is 0 Å². The Bertz CT molecular complexity index is 530. The van der Waals surface area contributed by atoms with E-state index in [1.165, 1.54) is 5.56 Å². The Morgan fingerprint density at radius 1 is 1.32 bits per heavy atom. The van der Waals surface area contributed by atoms with Gasteiger partial charge in [0.2, 0.25) is 0 Å². The van der Waals surface area contributed by atoms with Crippen LogP contribution in [0.25, 0.3) is 0 Å². The Hall–Kier alpha value is -1.46. The number of nitrogens with two attached hydrogens (primary N) is 1. The summed E-state index contributed by atoms with van der Waals surface area (Å²) in [6, 6.07) is 6.09. The Balaban J connectivity index is 2.05. The van der Waals surface area contributed by atoms with Crippen molar-refractivity contribution >= 4 is 21.7 Å². The molecule has 100 valence electrons. The number of halogens is 1. The molecule has 2 aromatic rings. The molecular weight excluding hydrogens is 304 g/mol. The summed E-state index contributed by atoms with van der Waals surface area (Å²) in [5.41, 5.74) is 8.09. The number of nitrogens with zero attached hydrogens (tertiary/aromatic N) is 3. The van der Waals surface area contributed by atoms with Gasteiger partial charge in [-0.15, -0.1) is 0 Å². The molecule has 0 aliphatic heterocycles. The highest BCUT2D eigenvalue weighted by molar-refractivity contribution is 9.10. The summed E-state index contributed by atoms with van der Waals surface area (Å²) >= 11 is 3.42. The molecule has 2 N–H and O–H groups in total. The van der Waals surface area contributed by atoms with Gasteiger partial charge in [0.15, 0.2) is 0 Å². The second-order valence-electron chi connectivity index (χ2n) is 4.37. The summed E-state index contributed by atoms with van der Waals surface area (Å²) in [5, 5.41) is 0. The van der Waals surface area contributed by atoms with Gasteiger partial charge in [-0.1, -0.05) is 0 Å². The summed E-state index contributed by atoms with van der Waals surface area (Å²) in [5.74, 6) is 0.944. The molecule has 2 aromatic heterocycles. The van der Waals surface area contributed by atoms with E-state index in [2.05, 4.69) is 30.8 Å². The molecule has 0 radical (unpaired) electrons. The van der Waals surface area contributed by atoms with E-state index in [0.29, 0.717) is 6.54 Å². The lowest BCUT2D eigenvalue weighted by molar-refractivity contribution is 0.844. The van der Waals surface area contributed by atoms with E-state index in [-0.39, 0.29) is 0 Å². The lowest BCUT2D eigenvalue weighted by Gasteiger charge is -2.21. The van der Waals surface area contributed by atoms with Crippen molar-refractivity contribution in [3.8, 4) is 0 Å². The predicted octanol–water partition coefficient (Wildman–Crippen LogP) is 2.38. The van der Waals surface area contributed by atoms with Gasteiger partial charge in [0.25, 0.3) is 0 Å². The number of likely N-dealkylation sites (N-methyl/N-ethyl adjacent to an activating group) is 1. The first kappa shape index (κ1) is 14.0. The quantitative estimate of drug-likeness (QED) is 0.919. The van der Waals surface area contributed by atoms with Gasteiger partial charge in [-0.2, -0.15) is 0 Å². The first-order chi connectivity index (χ1) is 9.20. The molecule has 2 heterocycles. The molecule has 0 aliphatic rings. The molecule has 5 heteroatoms. The van der Waals surface area contributed by atoms with Gasteiger partial charge in [-0.25, -0.2) is 4.98 Å². The SMILES string of the molecule is CN(CCc1ccncc1)c1ncc(Br)cc1CN. The van der Waals surface area contributed by atoms with E-state index in [9.17, 15) is 0 Å². The van der Waals surface area contributed by atoms with Crippen molar-refractivity contribution in [2.24, 2.45) is 5.73 Å². The van der Waals surface area contributed by atoms with Gasteiger partial charge < -0.3 is 10.6 Å². The minimum absolute atomic E-state index is 0.487. The molecule has 0 atom stereocenters. The van der Waals surface area contributed by atoms with Crippen LogP contribution < -0.4 is 10.6 Å². The van der Waals surface area contributed by atoms with E-state index < -0.39 is 0 Å². The van der Waals surface area contributed by atoms with Gasteiger partial charge in [0.05, 0.1) is 0 Å². The van der Waals surface area contributed by atoms with Crippen molar-refractivity contribution in [3.63, 3.8) is 0 Å². The van der Waals surface area contributed by atoms with Gasteiger partial charge >= 0.3 is 0 Å². The largest absolute Gasteiger partial charge is 0.359 e. The zero-order valence-corrected chi connectivity index (χ0v) is 12.5. The Kier molecular flexibility index (Phi) is 4.87. The minimum Gasteiger partial charge on any atom is -0.359 e. The summed E-state index contributed by atoms with van der Waals surface area (Å²) in [7, 11) is 2.04. The number of rotatable bonds is 5. The topological polar surface area (TPSA) is 55.0 Å². The molecule has 0 fully saturated rings. The highest BCUT2D eigenvalue weighted by Gasteiger charge is 2.08. The van der Waals surface area contributed by atoms with Crippen molar-refractivity contribution in [1.82, 2.24) is 9.97 Å². The molecule has 0 saturated carbocycles. The minimum atomic E-state index is 0.487. The van der Waals surface area contributed by atoms with Crippen LogP contribution in [0.3, 0.4) is 0 Å². The summed E-state index contributed by atoms with van der Waals surface area (Å²) in [6.07, 6.45) is 6.40.